The fourth-order valence-electron chi connectivity index (χ4n) is 1.92. The number of aromatic carboxylic acids is 1. The SMILES string of the molecule is CCONC1=CCCc2[nH]cc(C(=O)O)c(=O)c21. The molecule has 1 aromatic heterocycles. The zero-order valence-corrected chi connectivity index (χ0v) is 9.95. The number of aromatic nitrogens is 1. The van der Waals surface area contributed by atoms with Crippen LogP contribution in [0.4, 0.5) is 0 Å². The van der Waals surface area contributed by atoms with Gasteiger partial charge in [-0.3, -0.25) is 15.1 Å². The molecule has 1 aliphatic rings. The predicted molar refractivity (Wildman–Crippen MR) is 65.1 cm³/mol. The van der Waals surface area contributed by atoms with Gasteiger partial charge in [-0.15, -0.1) is 0 Å². The van der Waals surface area contributed by atoms with Crippen LogP contribution in [0.15, 0.2) is 17.1 Å². The van der Waals surface area contributed by atoms with Crippen molar-refractivity contribution < 1.29 is 14.7 Å². The van der Waals surface area contributed by atoms with E-state index in [2.05, 4.69) is 10.5 Å². The summed E-state index contributed by atoms with van der Waals surface area (Å²) >= 11 is 0. The molecule has 0 atom stereocenters. The third-order valence-electron chi connectivity index (χ3n) is 2.73. The van der Waals surface area contributed by atoms with Crippen LogP contribution in [0.5, 0.6) is 0 Å². The molecule has 0 radical (unpaired) electrons. The molecule has 18 heavy (non-hydrogen) atoms. The Kier molecular flexibility index (Phi) is 3.47. The van der Waals surface area contributed by atoms with Gasteiger partial charge in [-0.05, 0) is 19.8 Å². The van der Waals surface area contributed by atoms with Gasteiger partial charge in [0.1, 0.15) is 5.56 Å². The van der Waals surface area contributed by atoms with E-state index in [-0.39, 0.29) is 5.56 Å². The number of carboxylic acids is 1. The lowest BCUT2D eigenvalue weighted by atomic mass is 9.98. The van der Waals surface area contributed by atoms with E-state index in [0.29, 0.717) is 24.3 Å². The molecule has 2 rings (SSSR count). The molecule has 6 heteroatoms. The van der Waals surface area contributed by atoms with Crippen LogP contribution in [0.25, 0.3) is 5.70 Å². The van der Waals surface area contributed by atoms with Gasteiger partial charge in [0.15, 0.2) is 0 Å². The molecule has 0 aliphatic heterocycles. The second-order valence-electron chi connectivity index (χ2n) is 3.88. The molecule has 0 saturated heterocycles. The van der Waals surface area contributed by atoms with Crippen LogP contribution in [-0.4, -0.2) is 22.7 Å². The van der Waals surface area contributed by atoms with Crippen LogP contribution < -0.4 is 10.9 Å². The van der Waals surface area contributed by atoms with Crippen LogP contribution in [0.2, 0.25) is 0 Å². The molecule has 3 N–H and O–H groups in total. The molecule has 0 saturated carbocycles. The molecule has 0 spiro atoms. The average Bonchev–Trinajstić information content (AvgIpc) is 2.36. The molecule has 96 valence electrons. The highest BCUT2D eigenvalue weighted by Gasteiger charge is 2.21. The number of rotatable bonds is 4. The van der Waals surface area contributed by atoms with E-state index in [1.54, 1.807) is 0 Å². The van der Waals surface area contributed by atoms with E-state index in [0.717, 1.165) is 12.1 Å². The van der Waals surface area contributed by atoms with Gasteiger partial charge in [0.05, 0.1) is 17.9 Å². The molecule has 0 unspecified atom stereocenters. The first-order valence-corrected chi connectivity index (χ1v) is 5.71. The van der Waals surface area contributed by atoms with Gasteiger partial charge in [0.25, 0.3) is 0 Å². The van der Waals surface area contributed by atoms with Crippen LogP contribution >= 0.6 is 0 Å². The lowest BCUT2D eigenvalue weighted by molar-refractivity contribution is 0.0694. The Labute approximate surface area is 103 Å². The van der Waals surface area contributed by atoms with E-state index < -0.39 is 11.4 Å². The number of carbonyl (C=O) groups is 1. The van der Waals surface area contributed by atoms with Gasteiger partial charge in [-0.25, -0.2) is 4.79 Å². The Morgan fingerprint density at radius 3 is 3.06 bits per heavy atom. The number of aromatic amines is 1. The molecular weight excluding hydrogens is 236 g/mol. The van der Waals surface area contributed by atoms with E-state index in [9.17, 15) is 9.59 Å². The topological polar surface area (TPSA) is 91.4 Å². The van der Waals surface area contributed by atoms with Crippen molar-refractivity contribution in [3.05, 3.63) is 39.3 Å². The van der Waals surface area contributed by atoms with Crippen molar-refractivity contribution in [2.24, 2.45) is 0 Å². The van der Waals surface area contributed by atoms with E-state index in [4.69, 9.17) is 9.94 Å². The monoisotopic (exact) mass is 250 g/mol. The number of hydrogen-bond donors (Lipinski definition) is 3. The number of pyridine rings is 1. The summed E-state index contributed by atoms with van der Waals surface area (Å²) in [5.74, 6) is -1.24. The van der Waals surface area contributed by atoms with E-state index in [1.165, 1.54) is 6.20 Å². The van der Waals surface area contributed by atoms with Crippen molar-refractivity contribution in [2.75, 3.05) is 6.61 Å². The summed E-state index contributed by atoms with van der Waals surface area (Å²) in [5.41, 5.74) is 3.54. The molecular formula is C12H14N2O4. The Balaban J connectivity index is 2.50. The van der Waals surface area contributed by atoms with Gasteiger partial charge in [0.2, 0.25) is 5.43 Å². The summed E-state index contributed by atoms with van der Waals surface area (Å²) < 4.78 is 0. The number of hydrogen-bond acceptors (Lipinski definition) is 4. The Hall–Kier alpha value is -2.08. The van der Waals surface area contributed by atoms with Crippen molar-refractivity contribution >= 4 is 11.7 Å². The Morgan fingerprint density at radius 1 is 1.61 bits per heavy atom. The van der Waals surface area contributed by atoms with Gasteiger partial charge in [-0.1, -0.05) is 6.08 Å². The minimum atomic E-state index is -1.24. The second kappa shape index (κ2) is 5.05. The maximum absolute atomic E-state index is 12.1. The summed E-state index contributed by atoms with van der Waals surface area (Å²) in [6.07, 6.45) is 4.53. The number of hydroxylamine groups is 1. The quantitative estimate of drug-likeness (QED) is 0.691. The molecule has 1 aliphatic carbocycles. The standard InChI is InChI=1S/C12H14N2O4/c1-2-18-14-9-5-3-4-8-10(9)11(15)7(6-13-8)12(16)17/h5-6,14H,2-4H2,1H3,(H,13,15)(H,16,17). The molecule has 1 aromatic rings. The normalized spacial score (nSPS) is 13.7. The third-order valence-corrected chi connectivity index (χ3v) is 2.73. The molecule has 0 aromatic carbocycles. The predicted octanol–water partition coefficient (Wildman–Crippen LogP) is 0.901. The second-order valence-corrected chi connectivity index (χ2v) is 3.88. The highest BCUT2D eigenvalue weighted by Crippen LogP contribution is 2.20. The largest absolute Gasteiger partial charge is 0.477 e. The van der Waals surface area contributed by atoms with Crippen LogP contribution in [0, 0.1) is 0 Å². The summed E-state index contributed by atoms with van der Waals surface area (Å²) in [7, 11) is 0. The number of fused-ring (bicyclic) bond motifs is 1. The molecule has 0 fully saturated rings. The lowest BCUT2D eigenvalue weighted by Crippen LogP contribution is -2.27. The summed E-state index contributed by atoms with van der Waals surface area (Å²) in [6.45, 7) is 2.26. The van der Waals surface area contributed by atoms with Crippen LogP contribution in [0.3, 0.4) is 0 Å². The number of H-pyrrole nitrogens is 1. The maximum atomic E-state index is 12.1. The van der Waals surface area contributed by atoms with Crippen molar-refractivity contribution in [1.29, 1.82) is 0 Å². The van der Waals surface area contributed by atoms with Gasteiger partial charge in [-0.2, -0.15) is 0 Å². The third kappa shape index (κ3) is 2.14. The highest BCUT2D eigenvalue weighted by molar-refractivity contribution is 5.88. The number of aryl methyl sites for hydroxylation is 1. The first kappa shape index (κ1) is 12.4. The first-order valence-electron chi connectivity index (χ1n) is 5.71. The first-order chi connectivity index (χ1) is 8.65. The fraction of sp³-hybridized carbons (Fsp3) is 0.333. The number of nitrogens with one attached hydrogen (secondary N) is 2. The van der Waals surface area contributed by atoms with Gasteiger partial charge in [0, 0.05) is 11.9 Å². The summed E-state index contributed by atoms with van der Waals surface area (Å²) in [5, 5.41) is 8.94. The minimum Gasteiger partial charge on any atom is -0.477 e. The van der Waals surface area contributed by atoms with Crippen molar-refractivity contribution in [2.45, 2.75) is 19.8 Å². The number of carboxylic acid groups (broad SMARTS) is 1. The summed E-state index contributed by atoms with van der Waals surface area (Å²) in [6, 6.07) is 0. The Bertz CT molecular complexity index is 560. The molecule has 0 amide bonds. The Morgan fingerprint density at radius 2 is 2.39 bits per heavy atom. The zero-order chi connectivity index (χ0) is 13.1. The number of allylic oxidation sites excluding steroid dienone is 1. The molecule has 1 heterocycles. The minimum absolute atomic E-state index is 0.264. The van der Waals surface area contributed by atoms with Crippen molar-refractivity contribution in [1.82, 2.24) is 10.5 Å². The smallest absolute Gasteiger partial charge is 0.341 e. The zero-order valence-electron chi connectivity index (χ0n) is 9.95. The highest BCUT2D eigenvalue weighted by atomic mass is 16.6. The van der Waals surface area contributed by atoms with E-state index >= 15 is 0 Å². The van der Waals surface area contributed by atoms with Crippen molar-refractivity contribution in [3.8, 4) is 0 Å². The summed E-state index contributed by atoms with van der Waals surface area (Å²) in [4.78, 5) is 31.0. The fourth-order valence-corrected chi connectivity index (χ4v) is 1.92. The van der Waals surface area contributed by atoms with Crippen LogP contribution in [0.1, 0.15) is 35.0 Å². The van der Waals surface area contributed by atoms with Gasteiger partial charge < -0.3 is 10.1 Å². The van der Waals surface area contributed by atoms with Crippen molar-refractivity contribution in [3.63, 3.8) is 0 Å². The average molecular weight is 250 g/mol. The van der Waals surface area contributed by atoms with Crippen LogP contribution in [-0.2, 0) is 11.3 Å². The molecule has 0 bridgehead atoms. The lowest BCUT2D eigenvalue weighted by Gasteiger charge is -2.18. The van der Waals surface area contributed by atoms with E-state index in [1.807, 2.05) is 13.0 Å². The van der Waals surface area contributed by atoms with Gasteiger partial charge >= 0.3 is 5.97 Å². The molecule has 6 nitrogen and oxygen atoms in total. The maximum Gasteiger partial charge on any atom is 0.341 e.